The van der Waals surface area contributed by atoms with E-state index in [1.165, 1.54) is 0 Å². The Hall–Kier alpha value is -0.820. The van der Waals surface area contributed by atoms with Crippen LogP contribution < -0.4 is 0 Å². The minimum atomic E-state index is -0.0350. The first-order chi connectivity index (χ1) is 6.19. The van der Waals surface area contributed by atoms with E-state index in [0.29, 0.717) is 0 Å². The van der Waals surface area contributed by atoms with Gasteiger partial charge in [-0.3, -0.25) is 0 Å². The van der Waals surface area contributed by atoms with Crippen LogP contribution in [-0.2, 0) is 11.2 Å². The van der Waals surface area contributed by atoms with Gasteiger partial charge in [0.25, 0.3) is 0 Å². The van der Waals surface area contributed by atoms with E-state index in [4.69, 9.17) is 11.6 Å². The van der Waals surface area contributed by atoms with E-state index in [0.717, 1.165) is 28.9 Å². The zero-order chi connectivity index (χ0) is 9.84. The molecule has 0 heterocycles. The number of carbonyl (C=O) groups excluding carboxylic acids is 1. The predicted molar refractivity (Wildman–Crippen MR) is 55.3 cm³/mol. The van der Waals surface area contributed by atoms with Gasteiger partial charge in [-0.1, -0.05) is 31.5 Å². The van der Waals surface area contributed by atoms with Crippen LogP contribution in [0.2, 0.25) is 5.02 Å². The fourth-order valence-corrected chi connectivity index (χ4v) is 1.59. The third-order valence-electron chi connectivity index (χ3n) is 2.18. The van der Waals surface area contributed by atoms with E-state index in [2.05, 4.69) is 6.92 Å². The Labute approximate surface area is 83.7 Å². The molecule has 1 rings (SSSR count). The van der Waals surface area contributed by atoms with E-state index in [-0.39, 0.29) is 5.92 Å². The molecule has 0 spiro atoms. The summed E-state index contributed by atoms with van der Waals surface area (Å²) >= 11 is 5.86. The topological polar surface area (TPSA) is 17.1 Å². The van der Waals surface area contributed by atoms with Crippen LogP contribution in [0.1, 0.15) is 30.9 Å². The quantitative estimate of drug-likeness (QED) is 0.679. The number of halogens is 1. The summed E-state index contributed by atoms with van der Waals surface area (Å²) in [5.41, 5.74) is 2.24. The second-order valence-electron chi connectivity index (χ2n) is 3.12. The molecule has 0 saturated heterocycles. The summed E-state index contributed by atoms with van der Waals surface area (Å²) in [5.74, 6) is -0.0350. The number of aldehydes is 1. The predicted octanol–water partition coefficient (Wildman–Crippen LogP) is 3.20. The Morgan fingerprint density at radius 1 is 1.54 bits per heavy atom. The molecular formula is C11H13ClO. The number of rotatable bonds is 3. The van der Waals surface area contributed by atoms with E-state index < -0.39 is 0 Å². The zero-order valence-corrected chi connectivity index (χ0v) is 8.64. The lowest BCUT2D eigenvalue weighted by Gasteiger charge is -2.10. The van der Waals surface area contributed by atoms with Crippen molar-refractivity contribution in [3.05, 3.63) is 34.3 Å². The first kappa shape index (κ1) is 10.3. The third kappa shape index (κ3) is 2.31. The Balaban J connectivity index is 3.12. The highest BCUT2D eigenvalue weighted by molar-refractivity contribution is 6.30. The van der Waals surface area contributed by atoms with E-state index in [1.807, 2.05) is 25.1 Å². The maximum Gasteiger partial charge on any atom is 0.127 e. The van der Waals surface area contributed by atoms with Crippen LogP contribution in [0.25, 0.3) is 0 Å². The first-order valence-corrected chi connectivity index (χ1v) is 4.80. The maximum atomic E-state index is 10.6. The van der Waals surface area contributed by atoms with Gasteiger partial charge in [0.15, 0.2) is 0 Å². The summed E-state index contributed by atoms with van der Waals surface area (Å²) in [6, 6.07) is 5.69. The van der Waals surface area contributed by atoms with Crippen LogP contribution in [0.5, 0.6) is 0 Å². The summed E-state index contributed by atoms with van der Waals surface area (Å²) in [7, 11) is 0. The molecule has 1 unspecified atom stereocenters. The second kappa shape index (κ2) is 4.43. The number of aryl methyl sites for hydroxylation is 1. The number of hydrogen-bond acceptors (Lipinski definition) is 1. The summed E-state index contributed by atoms with van der Waals surface area (Å²) in [4.78, 5) is 10.6. The van der Waals surface area contributed by atoms with Gasteiger partial charge in [0.05, 0.1) is 0 Å². The summed E-state index contributed by atoms with van der Waals surface area (Å²) in [6.07, 6.45) is 1.87. The molecule has 1 aromatic rings. The Bertz CT molecular complexity index is 307. The Kier molecular flexibility index (Phi) is 3.49. The second-order valence-corrected chi connectivity index (χ2v) is 3.56. The molecule has 1 nitrogen and oxygen atoms in total. The van der Waals surface area contributed by atoms with Gasteiger partial charge in [0.2, 0.25) is 0 Å². The average Bonchev–Trinajstić information content (AvgIpc) is 2.16. The molecule has 13 heavy (non-hydrogen) atoms. The van der Waals surface area contributed by atoms with Crippen LogP contribution in [0.3, 0.4) is 0 Å². The molecule has 0 N–H and O–H groups in total. The molecule has 0 aromatic heterocycles. The van der Waals surface area contributed by atoms with E-state index in [9.17, 15) is 4.79 Å². The van der Waals surface area contributed by atoms with Crippen molar-refractivity contribution in [2.24, 2.45) is 0 Å². The van der Waals surface area contributed by atoms with Gasteiger partial charge >= 0.3 is 0 Å². The number of benzene rings is 1. The van der Waals surface area contributed by atoms with Crippen molar-refractivity contribution in [2.75, 3.05) is 0 Å². The summed E-state index contributed by atoms with van der Waals surface area (Å²) < 4.78 is 0. The maximum absolute atomic E-state index is 10.6. The highest BCUT2D eigenvalue weighted by Gasteiger charge is 2.08. The Morgan fingerprint density at radius 3 is 2.77 bits per heavy atom. The molecule has 2 heteroatoms. The van der Waals surface area contributed by atoms with Gasteiger partial charge in [-0.25, -0.2) is 0 Å². The van der Waals surface area contributed by atoms with Crippen LogP contribution in [-0.4, -0.2) is 6.29 Å². The standard InChI is InChI=1S/C11H13ClO/c1-3-9-6-10(12)4-5-11(9)8(2)7-13/h4-8H,3H2,1-2H3. The van der Waals surface area contributed by atoms with Crippen molar-refractivity contribution in [3.63, 3.8) is 0 Å². The normalized spacial score (nSPS) is 12.5. The van der Waals surface area contributed by atoms with Crippen molar-refractivity contribution in [1.82, 2.24) is 0 Å². The number of carbonyl (C=O) groups is 1. The van der Waals surface area contributed by atoms with Gasteiger partial charge < -0.3 is 4.79 Å². The molecule has 0 aliphatic rings. The molecule has 0 amide bonds. The molecule has 0 bridgehead atoms. The molecule has 1 aromatic carbocycles. The van der Waals surface area contributed by atoms with Crippen molar-refractivity contribution >= 4 is 17.9 Å². The van der Waals surface area contributed by atoms with Crippen molar-refractivity contribution in [1.29, 1.82) is 0 Å². The average molecular weight is 197 g/mol. The van der Waals surface area contributed by atoms with Gasteiger partial charge in [0.1, 0.15) is 6.29 Å². The minimum absolute atomic E-state index is 0.0350. The van der Waals surface area contributed by atoms with Crippen LogP contribution in [0.15, 0.2) is 18.2 Å². The molecule has 0 saturated carbocycles. The van der Waals surface area contributed by atoms with Gasteiger partial charge in [-0.2, -0.15) is 0 Å². The lowest BCUT2D eigenvalue weighted by molar-refractivity contribution is -0.108. The monoisotopic (exact) mass is 196 g/mol. The molecular weight excluding hydrogens is 184 g/mol. The highest BCUT2D eigenvalue weighted by Crippen LogP contribution is 2.22. The van der Waals surface area contributed by atoms with Crippen LogP contribution >= 0.6 is 11.6 Å². The van der Waals surface area contributed by atoms with Crippen molar-refractivity contribution in [3.8, 4) is 0 Å². The van der Waals surface area contributed by atoms with Gasteiger partial charge in [-0.15, -0.1) is 0 Å². The fraction of sp³-hybridized carbons (Fsp3) is 0.364. The molecule has 0 aliphatic carbocycles. The third-order valence-corrected chi connectivity index (χ3v) is 2.42. The fourth-order valence-electron chi connectivity index (χ4n) is 1.40. The lowest BCUT2D eigenvalue weighted by atomic mass is 9.95. The lowest BCUT2D eigenvalue weighted by Crippen LogP contribution is -1.99. The van der Waals surface area contributed by atoms with E-state index in [1.54, 1.807) is 0 Å². The van der Waals surface area contributed by atoms with Crippen molar-refractivity contribution < 1.29 is 4.79 Å². The zero-order valence-electron chi connectivity index (χ0n) is 7.88. The molecule has 0 radical (unpaired) electrons. The van der Waals surface area contributed by atoms with Crippen LogP contribution in [0, 0.1) is 0 Å². The smallest absolute Gasteiger partial charge is 0.127 e. The van der Waals surface area contributed by atoms with Crippen LogP contribution in [0.4, 0.5) is 0 Å². The summed E-state index contributed by atoms with van der Waals surface area (Å²) in [5, 5.41) is 0.735. The minimum Gasteiger partial charge on any atom is -0.303 e. The van der Waals surface area contributed by atoms with E-state index >= 15 is 0 Å². The van der Waals surface area contributed by atoms with Gasteiger partial charge in [-0.05, 0) is 29.7 Å². The molecule has 1 atom stereocenters. The first-order valence-electron chi connectivity index (χ1n) is 4.42. The molecule has 0 aliphatic heterocycles. The molecule has 0 fully saturated rings. The SMILES string of the molecule is CCc1cc(Cl)ccc1C(C)C=O. The number of hydrogen-bond donors (Lipinski definition) is 0. The van der Waals surface area contributed by atoms with Gasteiger partial charge in [0, 0.05) is 10.9 Å². The Morgan fingerprint density at radius 2 is 2.23 bits per heavy atom. The molecule has 70 valence electrons. The van der Waals surface area contributed by atoms with Crippen molar-refractivity contribution in [2.45, 2.75) is 26.2 Å². The highest BCUT2D eigenvalue weighted by atomic mass is 35.5. The summed E-state index contributed by atoms with van der Waals surface area (Å²) in [6.45, 7) is 3.96. The largest absolute Gasteiger partial charge is 0.303 e.